The van der Waals surface area contributed by atoms with Crippen molar-refractivity contribution < 1.29 is 22.7 Å². The molecule has 0 amide bonds. The number of alkyl halides is 3. The van der Waals surface area contributed by atoms with Crippen molar-refractivity contribution in [3.8, 4) is 0 Å². The highest BCUT2D eigenvalue weighted by molar-refractivity contribution is 5.81. The lowest BCUT2D eigenvalue weighted by Crippen LogP contribution is -2.53. The molecular weight excluding hydrogens is 247 g/mol. The largest absolute Gasteiger partial charge is 0.465 e. The van der Waals surface area contributed by atoms with Gasteiger partial charge in [0.2, 0.25) is 0 Å². The Balaban J connectivity index is 2.73. The van der Waals surface area contributed by atoms with E-state index in [0.717, 1.165) is 12.8 Å². The van der Waals surface area contributed by atoms with Gasteiger partial charge < -0.3 is 4.74 Å². The molecule has 1 aliphatic rings. The van der Waals surface area contributed by atoms with E-state index < -0.39 is 24.2 Å². The number of hydrogen-bond donors (Lipinski definition) is 1. The minimum atomic E-state index is -4.32. The van der Waals surface area contributed by atoms with Crippen LogP contribution >= 0.6 is 0 Å². The predicted octanol–water partition coefficient (Wildman–Crippen LogP) is 2.65. The Kier molecular flexibility index (Phi) is 5.01. The van der Waals surface area contributed by atoms with E-state index in [2.05, 4.69) is 5.32 Å². The van der Waals surface area contributed by atoms with E-state index in [-0.39, 0.29) is 12.5 Å². The lowest BCUT2D eigenvalue weighted by Gasteiger charge is -2.29. The molecule has 1 rings (SSSR count). The number of carbonyl (C=O) groups excluding carboxylic acids is 1. The third-order valence-electron chi connectivity index (χ3n) is 3.49. The molecule has 0 aromatic carbocycles. The molecule has 1 aliphatic carbocycles. The van der Waals surface area contributed by atoms with Crippen molar-refractivity contribution in [2.45, 2.75) is 51.2 Å². The van der Waals surface area contributed by atoms with Crippen molar-refractivity contribution in [1.29, 1.82) is 0 Å². The molecule has 0 saturated heterocycles. The van der Waals surface area contributed by atoms with Gasteiger partial charge in [0.1, 0.15) is 5.54 Å². The molecule has 2 atom stereocenters. The maximum atomic E-state index is 12.3. The molecule has 1 saturated carbocycles. The lowest BCUT2D eigenvalue weighted by atomic mass is 9.95. The number of hydrogen-bond acceptors (Lipinski definition) is 3. The van der Waals surface area contributed by atoms with Gasteiger partial charge in [-0.2, -0.15) is 13.2 Å². The van der Waals surface area contributed by atoms with Crippen molar-refractivity contribution in [2.75, 3.05) is 13.2 Å². The fourth-order valence-corrected chi connectivity index (χ4v) is 2.45. The first kappa shape index (κ1) is 15.3. The van der Waals surface area contributed by atoms with Crippen LogP contribution in [0.15, 0.2) is 0 Å². The molecule has 6 heteroatoms. The molecule has 2 unspecified atom stereocenters. The van der Waals surface area contributed by atoms with E-state index >= 15 is 0 Å². The van der Waals surface area contributed by atoms with Gasteiger partial charge in [0, 0.05) is 0 Å². The fraction of sp³-hybridized carbons (Fsp3) is 0.917. The Morgan fingerprint density at radius 2 is 2.11 bits per heavy atom. The van der Waals surface area contributed by atoms with Gasteiger partial charge >= 0.3 is 12.1 Å². The molecule has 0 bridgehead atoms. The highest BCUT2D eigenvalue weighted by Gasteiger charge is 2.47. The van der Waals surface area contributed by atoms with E-state index in [1.54, 1.807) is 6.92 Å². The van der Waals surface area contributed by atoms with Gasteiger partial charge in [-0.15, -0.1) is 0 Å². The van der Waals surface area contributed by atoms with Gasteiger partial charge in [0.15, 0.2) is 0 Å². The first-order valence-electron chi connectivity index (χ1n) is 6.32. The van der Waals surface area contributed by atoms with Crippen LogP contribution in [-0.2, 0) is 9.53 Å². The zero-order valence-electron chi connectivity index (χ0n) is 10.8. The monoisotopic (exact) mass is 267 g/mol. The van der Waals surface area contributed by atoms with E-state index in [1.807, 2.05) is 6.92 Å². The van der Waals surface area contributed by atoms with Crippen LogP contribution in [0, 0.1) is 5.92 Å². The molecular formula is C12H20F3NO2. The Morgan fingerprint density at radius 3 is 2.56 bits per heavy atom. The summed E-state index contributed by atoms with van der Waals surface area (Å²) in [6.45, 7) is 2.67. The fourth-order valence-electron chi connectivity index (χ4n) is 2.45. The summed E-state index contributed by atoms with van der Waals surface area (Å²) in [5, 5.41) is 2.38. The van der Waals surface area contributed by atoms with Gasteiger partial charge in [-0.3, -0.25) is 10.1 Å². The van der Waals surface area contributed by atoms with E-state index in [9.17, 15) is 18.0 Å². The predicted molar refractivity (Wildman–Crippen MR) is 61.1 cm³/mol. The molecule has 0 spiro atoms. The summed E-state index contributed by atoms with van der Waals surface area (Å²) >= 11 is 0. The number of carbonyl (C=O) groups is 1. The zero-order valence-corrected chi connectivity index (χ0v) is 10.8. The normalized spacial score (nSPS) is 28.4. The van der Waals surface area contributed by atoms with Crippen molar-refractivity contribution in [1.82, 2.24) is 5.32 Å². The van der Waals surface area contributed by atoms with Crippen LogP contribution in [0.4, 0.5) is 13.2 Å². The molecule has 0 aliphatic heterocycles. The van der Waals surface area contributed by atoms with E-state index in [0.29, 0.717) is 12.8 Å². The molecule has 1 fully saturated rings. The quantitative estimate of drug-likeness (QED) is 0.778. The average Bonchev–Trinajstić information content (AvgIpc) is 2.71. The molecule has 0 aromatic rings. The molecule has 0 heterocycles. The van der Waals surface area contributed by atoms with Gasteiger partial charge in [-0.05, 0) is 32.1 Å². The van der Waals surface area contributed by atoms with Gasteiger partial charge in [-0.25, -0.2) is 0 Å². The average molecular weight is 267 g/mol. The van der Waals surface area contributed by atoms with Gasteiger partial charge in [-0.1, -0.05) is 13.3 Å². The molecule has 1 N–H and O–H groups in total. The number of halogens is 3. The Morgan fingerprint density at radius 1 is 1.44 bits per heavy atom. The second-order valence-corrected chi connectivity index (χ2v) is 4.79. The van der Waals surface area contributed by atoms with Crippen molar-refractivity contribution in [3.05, 3.63) is 0 Å². The van der Waals surface area contributed by atoms with Crippen LogP contribution in [0.3, 0.4) is 0 Å². The Hall–Kier alpha value is -0.780. The van der Waals surface area contributed by atoms with Crippen molar-refractivity contribution in [2.24, 2.45) is 5.92 Å². The summed E-state index contributed by atoms with van der Waals surface area (Å²) < 4.78 is 41.8. The number of ether oxygens (including phenoxy) is 1. The van der Waals surface area contributed by atoms with Crippen LogP contribution in [0.1, 0.15) is 39.5 Å². The van der Waals surface area contributed by atoms with E-state index in [4.69, 9.17) is 4.74 Å². The first-order valence-corrected chi connectivity index (χ1v) is 6.32. The second kappa shape index (κ2) is 5.91. The Labute approximate surface area is 105 Å². The number of nitrogens with one attached hydrogen (secondary N) is 1. The van der Waals surface area contributed by atoms with Crippen LogP contribution in [-0.4, -0.2) is 30.8 Å². The maximum absolute atomic E-state index is 12.3. The summed E-state index contributed by atoms with van der Waals surface area (Å²) in [6.07, 6.45) is -1.84. The zero-order chi connectivity index (χ0) is 13.8. The summed E-state index contributed by atoms with van der Waals surface area (Å²) in [4.78, 5) is 11.9. The Bertz CT molecular complexity index is 294. The molecule has 106 valence electrons. The van der Waals surface area contributed by atoms with E-state index in [1.165, 1.54) is 0 Å². The number of rotatable bonds is 5. The molecule has 3 nitrogen and oxygen atoms in total. The maximum Gasteiger partial charge on any atom is 0.401 e. The summed E-state index contributed by atoms with van der Waals surface area (Å²) in [5.74, 6) is -0.264. The lowest BCUT2D eigenvalue weighted by molar-refractivity contribution is -0.155. The number of esters is 1. The molecule has 0 aromatic heterocycles. The molecule has 18 heavy (non-hydrogen) atoms. The minimum Gasteiger partial charge on any atom is -0.465 e. The highest BCUT2D eigenvalue weighted by atomic mass is 19.4. The van der Waals surface area contributed by atoms with Crippen LogP contribution in [0.5, 0.6) is 0 Å². The SMILES string of the molecule is CCOC(=O)C1(NCC(F)(F)F)CCC(CC)C1. The van der Waals surface area contributed by atoms with Crippen LogP contribution < -0.4 is 5.32 Å². The standard InChI is InChI=1S/C12H20F3NO2/c1-3-9-5-6-11(7-9,10(17)18-4-2)16-8-12(13,14)15/h9,16H,3-8H2,1-2H3. The summed E-state index contributed by atoms with van der Waals surface area (Å²) in [5.41, 5.74) is -1.15. The highest BCUT2D eigenvalue weighted by Crippen LogP contribution is 2.37. The third kappa shape index (κ3) is 3.86. The van der Waals surface area contributed by atoms with Gasteiger partial charge in [0.25, 0.3) is 0 Å². The first-order chi connectivity index (χ1) is 8.33. The topological polar surface area (TPSA) is 38.3 Å². The summed E-state index contributed by atoms with van der Waals surface area (Å²) in [7, 11) is 0. The van der Waals surface area contributed by atoms with Crippen molar-refractivity contribution >= 4 is 5.97 Å². The second-order valence-electron chi connectivity index (χ2n) is 4.79. The third-order valence-corrected chi connectivity index (χ3v) is 3.49. The minimum absolute atomic E-state index is 0.186. The van der Waals surface area contributed by atoms with Crippen molar-refractivity contribution in [3.63, 3.8) is 0 Å². The van der Waals surface area contributed by atoms with Crippen LogP contribution in [0.25, 0.3) is 0 Å². The molecule has 0 radical (unpaired) electrons. The van der Waals surface area contributed by atoms with Gasteiger partial charge in [0.05, 0.1) is 13.2 Å². The van der Waals surface area contributed by atoms with Crippen LogP contribution in [0.2, 0.25) is 0 Å². The summed E-state index contributed by atoms with van der Waals surface area (Å²) in [6, 6.07) is 0. The smallest absolute Gasteiger partial charge is 0.401 e.